The number of nitrogens with two attached hydrogens (primary N) is 1. The lowest BCUT2D eigenvalue weighted by molar-refractivity contribution is 0.102. The number of nitrogen functional groups attached to an aromatic ring is 1. The van der Waals surface area contributed by atoms with Gasteiger partial charge < -0.3 is 11.1 Å². The van der Waals surface area contributed by atoms with Crippen molar-refractivity contribution in [2.24, 2.45) is 0 Å². The van der Waals surface area contributed by atoms with E-state index < -0.39 is 17.5 Å². The molecule has 0 aromatic heterocycles. The Kier molecular flexibility index (Phi) is 3.93. The first kappa shape index (κ1) is 15.0. The Morgan fingerprint density at radius 1 is 1.05 bits per heavy atom. The minimum absolute atomic E-state index is 0.150. The van der Waals surface area contributed by atoms with Crippen LogP contribution in [-0.2, 0) is 0 Å². The Morgan fingerprint density at radius 3 is 2.14 bits per heavy atom. The molecule has 0 unspecified atom stereocenters. The van der Waals surface area contributed by atoms with Crippen molar-refractivity contribution in [3.05, 3.63) is 58.2 Å². The lowest BCUT2D eigenvalue weighted by Crippen LogP contribution is -2.17. The molecule has 0 aliphatic heterocycles. The lowest BCUT2D eigenvalue weighted by Gasteiger charge is -2.13. The first-order valence-corrected chi connectivity index (χ1v) is 6.43. The number of amides is 1. The average Bonchev–Trinajstić information content (AvgIpc) is 2.32. The zero-order chi connectivity index (χ0) is 15.7. The molecule has 110 valence electrons. The molecule has 2 aromatic rings. The first-order valence-electron chi connectivity index (χ1n) is 6.43. The predicted octanol–water partition coefficient (Wildman–Crippen LogP) is 3.72. The molecule has 0 spiro atoms. The van der Waals surface area contributed by atoms with Crippen LogP contribution in [0.1, 0.15) is 27.0 Å². The minimum atomic E-state index is -0.900. The Hall–Kier alpha value is -2.43. The van der Waals surface area contributed by atoms with Gasteiger partial charge in [0.15, 0.2) is 5.82 Å². The van der Waals surface area contributed by atoms with E-state index in [1.165, 1.54) is 0 Å². The maximum absolute atomic E-state index is 13.7. The molecule has 0 bridgehead atoms. The number of hydrogen-bond acceptors (Lipinski definition) is 2. The van der Waals surface area contributed by atoms with E-state index in [0.29, 0.717) is 11.6 Å². The Morgan fingerprint density at radius 2 is 1.62 bits per heavy atom. The number of nitrogens with one attached hydrogen (secondary N) is 1. The summed E-state index contributed by atoms with van der Waals surface area (Å²) >= 11 is 0. The van der Waals surface area contributed by atoms with Gasteiger partial charge in [-0.2, -0.15) is 0 Å². The molecule has 0 heterocycles. The highest BCUT2D eigenvalue weighted by molar-refractivity contribution is 6.07. The summed E-state index contributed by atoms with van der Waals surface area (Å²) in [6.07, 6.45) is 0. The van der Waals surface area contributed by atoms with Gasteiger partial charge >= 0.3 is 0 Å². The van der Waals surface area contributed by atoms with Crippen molar-refractivity contribution in [3.63, 3.8) is 0 Å². The van der Waals surface area contributed by atoms with Gasteiger partial charge in [0.1, 0.15) is 11.5 Å². The highest BCUT2D eigenvalue weighted by Crippen LogP contribution is 2.25. The molecular weight excluding hydrogens is 274 g/mol. The molecule has 0 aliphatic rings. The van der Waals surface area contributed by atoms with Crippen LogP contribution in [0.3, 0.4) is 0 Å². The number of rotatable bonds is 2. The van der Waals surface area contributed by atoms with Gasteiger partial charge in [0, 0.05) is 11.6 Å². The predicted molar refractivity (Wildman–Crippen MR) is 79.4 cm³/mol. The van der Waals surface area contributed by atoms with Crippen molar-refractivity contribution in [2.45, 2.75) is 20.8 Å². The Bertz CT molecular complexity index is 680. The molecule has 0 saturated heterocycles. The van der Waals surface area contributed by atoms with Crippen LogP contribution in [-0.4, -0.2) is 5.91 Å². The number of anilines is 2. The number of carbonyl (C=O) groups is 1. The van der Waals surface area contributed by atoms with E-state index in [1.807, 2.05) is 19.1 Å². The maximum atomic E-state index is 13.7. The van der Waals surface area contributed by atoms with Crippen LogP contribution in [0.5, 0.6) is 0 Å². The Balaban J connectivity index is 2.40. The zero-order valence-corrected chi connectivity index (χ0v) is 12.1. The third kappa shape index (κ3) is 3.02. The second-order valence-electron chi connectivity index (χ2n) is 5.08. The summed E-state index contributed by atoms with van der Waals surface area (Å²) in [5.41, 5.74) is 8.26. The first-order chi connectivity index (χ1) is 9.79. The Labute approximate surface area is 121 Å². The number of hydrogen-bond donors (Lipinski definition) is 2. The molecule has 0 aliphatic carbocycles. The van der Waals surface area contributed by atoms with Crippen LogP contribution < -0.4 is 11.1 Å². The third-order valence-corrected chi connectivity index (χ3v) is 3.23. The van der Waals surface area contributed by atoms with Crippen LogP contribution in [0.15, 0.2) is 24.3 Å². The molecule has 0 atom stereocenters. The molecule has 0 saturated carbocycles. The fourth-order valence-electron chi connectivity index (χ4n) is 2.44. The molecule has 21 heavy (non-hydrogen) atoms. The summed E-state index contributed by atoms with van der Waals surface area (Å²) < 4.78 is 26.7. The number of benzene rings is 2. The summed E-state index contributed by atoms with van der Waals surface area (Å²) in [6, 6.07) is 5.38. The molecule has 3 N–H and O–H groups in total. The monoisotopic (exact) mass is 290 g/mol. The van der Waals surface area contributed by atoms with Gasteiger partial charge in [-0.15, -0.1) is 0 Å². The van der Waals surface area contributed by atoms with Crippen molar-refractivity contribution in [1.29, 1.82) is 0 Å². The molecule has 3 nitrogen and oxygen atoms in total. The smallest absolute Gasteiger partial charge is 0.256 e. The summed E-state index contributed by atoms with van der Waals surface area (Å²) in [4.78, 5) is 12.3. The van der Waals surface area contributed by atoms with Gasteiger partial charge in [-0.3, -0.25) is 4.79 Å². The largest absolute Gasteiger partial charge is 0.397 e. The second kappa shape index (κ2) is 5.52. The minimum Gasteiger partial charge on any atom is -0.397 e. The van der Waals surface area contributed by atoms with Crippen molar-refractivity contribution < 1.29 is 13.6 Å². The molecular formula is C16H16F2N2O. The molecule has 0 fully saturated rings. The van der Waals surface area contributed by atoms with Crippen LogP contribution in [0.4, 0.5) is 20.2 Å². The van der Waals surface area contributed by atoms with E-state index in [1.54, 1.807) is 13.8 Å². The van der Waals surface area contributed by atoms with Gasteiger partial charge in [0.05, 0.1) is 5.69 Å². The van der Waals surface area contributed by atoms with Crippen LogP contribution >= 0.6 is 0 Å². The fourth-order valence-corrected chi connectivity index (χ4v) is 2.44. The van der Waals surface area contributed by atoms with Crippen LogP contribution in [0.2, 0.25) is 0 Å². The maximum Gasteiger partial charge on any atom is 0.256 e. The third-order valence-electron chi connectivity index (χ3n) is 3.23. The molecule has 5 heteroatoms. The fraction of sp³-hybridized carbons (Fsp3) is 0.188. The highest BCUT2D eigenvalue weighted by atomic mass is 19.1. The lowest BCUT2D eigenvalue weighted by atomic mass is 9.99. The summed E-state index contributed by atoms with van der Waals surface area (Å²) in [5.74, 6) is -2.16. The topological polar surface area (TPSA) is 55.1 Å². The van der Waals surface area contributed by atoms with E-state index in [2.05, 4.69) is 5.32 Å². The number of halogens is 2. The summed E-state index contributed by atoms with van der Waals surface area (Å²) in [5, 5.41) is 2.42. The average molecular weight is 290 g/mol. The second-order valence-corrected chi connectivity index (χ2v) is 5.08. The molecule has 2 aromatic carbocycles. The zero-order valence-electron chi connectivity index (χ0n) is 12.1. The molecule has 0 radical (unpaired) electrons. The quantitative estimate of drug-likeness (QED) is 0.828. The van der Waals surface area contributed by atoms with Gasteiger partial charge in [0.25, 0.3) is 5.91 Å². The number of carbonyl (C=O) groups excluding carboxylic acids is 1. The van der Waals surface area contributed by atoms with Crippen LogP contribution in [0, 0.1) is 32.4 Å². The van der Waals surface area contributed by atoms with Gasteiger partial charge in [-0.1, -0.05) is 17.7 Å². The van der Waals surface area contributed by atoms with Gasteiger partial charge in [-0.05, 0) is 38.0 Å². The van der Waals surface area contributed by atoms with Gasteiger partial charge in [-0.25, -0.2) is 8.78 Å². The standard InChI is InChI=1S/C16H16F2N2O/c1-8-4-9(2)14(10(3)5-8)16(21)20-15-12(18)6-11(17)7-13(15)19/h4-7H,19H2,1-3H3,(H,20,21). The van der Waals surface area contributed by atoms with E-state index >= 15 is 0 Å². The SMILES string of the molecule is Cc1cc(C)c(C(=O)Nc2c(N)cc(F)cc2F)c(C)c1. The van der Waals surface area contributed by atoms with Crippen molar-refractivity contribution >= 4 is 17.3 Å². The van der Waals surface area contributed by atoms with E-state index in [-0.39, 0.29) is 11.4 Å². The summed E-state index contributed by atoms with van der Waals surface area (Å²) in [7, 11) is 0. The summed E-state index contributed by atoms with van der Waals surface area (Å²) in [6.45, 7) is 5.54. The van der Waals surface area contributed by atoms with E-state index in [0.717, 1.165) is 22.8 Å². The van der Waals surface area contributed by atoms with E-state index in [4.69, 9.17) is 5.73 Å². The highest BCUT2D eigenvalue weighted by Gasteiger charge is 2.17. The number of aryl methyl sites for hydroxylation is 3. The molecule has 2 rings (SSSR count). The normalized spacial score (nSPS) is 10.5. The van der Waals surface area contributed by atoms with Crippen molar-refractivity contribution in [3.8, 4) is 0 Å². The van der Waals surface area contributed by atoms with E-state index in [9.17, 15) is 13.6 Å². The van der Waals surface area contributed by atoms with Gasteiger partial charge in [0.2, 0.25) is 0 Å². The van der Waals surface area contributed by atoms with Crippen molar-refractivity contribution in [1.82, 2.24) is 0 Å². The molecule has 1 amide bonds. The van der Waals surface area contributed by atoms with Crippen LogP contribution in [0.25, 0.3) is 0 Å². The van der Waals surface area contributed by atoms with Crippen molar-refractivity contribution in [2.75, 3.05) is 11.1 Å².